The fraction of sp³-hybridized carbons (Fsp3) is 0.261. The van der Waals surface area contributed by atoms with Gasteiger partial charge in [0.25, 0.3) is 0 Å². The zero-order chi connectivity index (χ0) is 22.0. The summed E-state index contributed by atoms with van der Waals surface area (Å²) in [5, 5.41) is 14.5. The van der Waals surface area contributed by atoms with Crippen LogP contribution >= 0.6 is 0 Å². The van der Waals surface area contributed by atoms with Crippen LogP contribution in [-0.4, -0.2) is 28.5 Å². The fourth-order valence-electron chi connectivity index (χ4n) is 4.42. The third-order valence-corrected chi connectivity index (χ3v) is 5.93. The third kappa shape index (κ3) is 2.96. The summed E-state index contributed by atoms with van der Waals surface area (Å²) >= 11 is 0. The number of aryl methyl sites for hydroxylation is 1. The number of aliphatic hydroxyl groups is 1. The summed E-state index contributed by atoms with van der Waals surface area (Å²) in [4.78, 5) is 4.42. The summed E-state index contributed by atoms with van der Waals surface area (Å²) in [6.07, 6.45) is -4.18. The van der Waals surface area contributed by atoms with E-state index in [0.717, 1.165) is 11.8 Å². The second-order valence-electron chi connectivity index (χ2n) is 7.88. The van der Waals surface area contributed by atoms with Crippen molar-refractivity contribution in [1.82, 2.24) is 4.98 Å². The van der Waals surface area contributed by atoms with Crippen LogP contribution in [0.5, 0.6) is 5.75 Å². The molecule has 0 fully saturated rings. The Balaban J connectivity index is 1.72. The molecule has 1 aliphatic heterocycles. The van der Waals surface area contributed by atoms with Crippen LogP contribution in [0.25, 0.3) is 16.5 Å². The lowest BCUT2D eigenvalue weighted by Crippen LogP contribution is -2.54. The quantitative estimate of drug-likeness (QED) is 0.541. The lowest BCUT2D eigenvalue weighted by Gasteiger charge is -2.44. The predicted molar refractivity (Wildman–Crippen MR) is 108 cm³/mol. The van der Waals surface area contributed by atoms with Crippen molar-refractivity contribution in [1.29, 1.82) is 0 Å². The molecule has 0 saturated heterocycles. The Morgan fingerprint density at radius 3 is 2.74 bits per heavy atom. The monoisotopic (exact) mass is 430 g/mol. The molecule has 31 heavy (non-hydrogen) atoms. The second kappa shape index (κ2) is 6.68. The number of nitrogens with zero attached hydrogens (tertiary/aromatic N) is 1. The molecule has 8 heteroatoms. The molecule has 2 aliphatic rings. The summed E-state index contributed by atoms with van der Waals surface area (Å²) in [5.74, 6) is -0.730. The number of ether oxygens (including phenoxy) is 1. The van der Waals surface area contributed by atoms with E-state index in [1.807, 2.05) is 6.92 Å². The SMILES string of the molecule is Cc1ccc2c(NC3c4ccc(F)c5c4C(=CCO5)CC3(O)C(F)(F)F)cccc2n1. The van der Waals surface area contributed by atoms with Crippen molar-refractivity contribution >= 4 is 22.2 Å². The molecule has 1 aromatic heterocycles. The molecule has 0 spiro atoms. The van der Waals surface area contributed by atoms with Crippen molar-refractivity contribution in [2.75, 3.05) is 11.9 Å². The van der Waals surface area contributed by atoms with Gasteiger partial charge in [-0.25, -0.2) is 4.39 Å². The number of hydrogen-bond donors (Lipinski definition) is 2. The zero-order valence-corrected chi connectivity index (χ0v) is 16.4. The Morgan fingerprint density at radius 2 is 1.97 bits per heavy atom. The van der Waals surface area contributed by atoms with Gasteiger partial charge in [-0.15, -0.1) is 0 Å². The van der Waals surface area contributed by atoms with E-state index in [0.29, 0.717) is 16.6 Å². The molecule has 2 N–H and O–H groups in total. The van der Waals surface area contributed by atoms with Gasteiger partial charge in [0.1, 0.15) is 6.61 Å². The van der Waals surface area contributed by atoms with E-state index in [9.17, 15) is 22.7 Å². The molecular formula is C23H18F4N2O2. The van der Waals surface area contributed by atoms with Crippen LogP contribution < -0.4 is 10.1 Å². The number of pyridine rings is 1. The number of aromatic nitrogens is 1. The first-order chi connectivity index (χ1) is 14.7. The molecule has 2 unspecified atom stereocenters. The lowest BCUT2D eigenvalue weighted by atomic mass is 9.72. The van der Waals surface area contributed by atoms with E-state index in [4.69, 9.17) is 4.74 Å². The van der Waals surface area contributed by atoms with Gasteiger partial charge in [-0.3, -0.25) is 4.98 Å². The fourth-order valence-corrected chi connectivity index (χ4v) is 4.42. The highest BCUT2D eigenvalue weighted by Crippen LogP contribution is 2.55. The standard InChI is InChI=1S/C23H18F4N2O2/c1-12-5-6-14-17(28-12)3-2-4-18(14)29-21-15-7-8-16(24)20-19(15)13(9-10-31-20)11-22(21,30)23(25,26)27/h2-9,21,29-30H,10-11H2,1H3. The molecule has 4 nitrogen and oxygen atoms in total. The van der Waals surface area contributed by atoms with E-state index in [1.165, 1.54) is 12.1 Å². The summed E-state index contributed by atoms with van der Waals surface area (Å²) in [5.41, 5.74) is -0.699. The first kappa shape index (κ1) is 19.8. The van der Waals surface area contributed by atoms with Crippen molar-refractivity contribution < 1.29 is 27.4 Å². The van der Waals surface area contributed by atoms with Gasteiger partial charge in [-0.2, -0.15) is 13.2 Å². The molecule has 5 rings (SSSR count). The first-order valence-corrected chi connectivity index (χ1v) is 9.75. The highest BCUT2D eigenvalue weighted by Gasteiger charge is 2.62. The Labute approximate surface area is 175 Å². The normalized spacial score (nSPS) is 22.5. The van der Waals surface area contributed by atoms with Crippen molar-refractivity contribution in [2.24, 2.45) is 0 Å². The maximum Gasteiger partial charge on any atom is 0.419 e. The van der Waals surface area contributed by atoms with E-state index >= 15 is 0 Å². The van der Waals surface area contributed by atoms with Gasteiger partial charge in [0.05, 0.1) is 11.6 Å². The second-order valence-corrected chi connectivity index (χ2v) is 7.88. The van der Waals surface area contributed by atoms with Crippen LogP contribution in [0.2, 0.25) is 0 Å². The van der Waals surface area contributed by atoms with Gasteiger partial charge in [-0.05, 0) is 54.5 Å². The largest absolute Gasteiger partial charge is 0.486 e. The number of benzene rings is 2. The molecule has 2 heterocycles. The Morgan fingerprint density at radius 1 is 1.16 bits per heavy atom. The molecule has 0 bridgehead atoms. The maximum absolute atomic E-state index is 14.3. The molecular weight excluding hydrogens is 412 g/mol. The highest BCUT2D eigenvalue weighted by atomic mass is 19.4. The average Bonchev–Trinajstić information content (AvgIpc) is 2.71. The molecule has 1 aliphatic carbocycles. The maximum atomic E-state index is 14.3. The van der Waals surface area contributed by atoms with Gasteiger partial charge in [0, 0.05) is 28.8 Å². The third-order valence-electron chi connectivity index (χ3n) is 5.93. The van der Waals surface area contributed by atoms with E-state index < -0.39 is 30.1 Å². The van der Waals surface area contributed by atoms with Crippen LogP contribution in [0.3, 0.4) is 0 Å². The number of nitrogens with one attached hydrogen (secondary N) is 1. The van der Waals surface area contributed by atoms with Gasteiger partial charge in [0.15, 0.2) is 17.2 Å². The predicted octanol–water partition coefficient (Wildman–Crippen LogP) is 5.31. The minimum atomic E-state index is -4.94. The summed E-state index contributed by atoms with van der Waals surface area (Å²) in [7, 11) is 0. The number of halogens is 4. The molecule has 0 saturated carbocycles. The summed E-state index contributed by atoms with van der Waals surface area (Å²) < 4.78 is 62.4. The Bertz CT molecular complexity index is 1240. The molecule has 3 aromatic rings. The van der Waals surface area contributed by atoms with Gasteiger partial charge in [-0.1, -0.05) is 12.1 Å². The molecule has 160 valence electrons. The van der Waals surface area contributed by atoms with E-state index in [2.05, 4.69) is 10.3 Å². The summed E-state index contributed by atoms with van der Waals surface area (Å²) in [6.45, 7) is 1.77. The topological polar surface area (TPSA) is 54.4 Å². The van der Waals surface area contributed by atoms with E-state index in [1.54, 1.807) is 30.3 Å². The average molecular weight is 430 g/mol. The zero-order valence-electron chi connectivity index (χ0n) is 16.4. The van der Waals surface area contributed by atoms with Crippen molar-refractivity contribution in [3.8, 4) is 5.75 Å². The van der Waals surface area contributed by atoms with Gasteiger partial charge < -0.3 is 15.2 Å². The number of rotatable bonds is 2. The van der Waals surface area contributed by atoms with Crippen LogP contribution in [0.4, 0.5) is 23.2 Å². The molecule has 2 aromatic carbocycles. The summed E-state index contributed by atoms with van der Waals surface area (Å²) in [6, 6.07) is 9.38. The minimum absolute atomic E-state index is 0.0525. The first-order valence-electron chi connectivity index (χ1n) is 9.75. The molecule has 0 amide bonds. The smallest absolute Gasteiger partial charge is 0.419 e. The van der Waals surface area contributed by atoms with Crippen molar-refractivity contribution in [3.63, 3.8) is 0 Å². The van der Waals surface area contributed by atoms with Gasteiger partial charge >= 0.3 is 6.18 Å². The Hall–Kier alpha value is -3.13. The number of hydrogen-bond acceptors (Lipinski definition) is 4. The van der Waals surface area contributed by atoms with Crippen molar-refractivity contribution in [2.45, 2.75) is 31.2 Å². The van der Waals surface area contributed by atoms with Crippen LogP contribution in [0.1, 0.15) is 29.3 Å². The van der Waals surface area contributed by atoms with Crippen LogP contribution in [0, 0.1) is 12.7 Å². The molecule has 2 atom stereocenters. The minimum Gasteiger partial charge on any atom is -0.486 e. The number of anilines is 1. The number of fused-ring (bicyclic) bond motifs is 1. The number of alkyl halides is 3. The van der Waals surface area contributed by atoms with Crippen LogP contribution in [0.15, 0.2) is 48.5 Å². The Kier molecular flexibility index (Phi) is 4.27. The van der Waals surface area contributed by atoms with Crippen LogP contribution in [-0.2, 0) is 0 Å². The van der Waals surface area contributed by atoms with Crippen molar-refractivity contribution in [3.05, 3.63) is 71.2 Å². The molecule has 0 radical (unpaired) electrons. The van der Waals surface area contributed by atoms with E-state index in [-0.39, 0.29) is 29.1 Å². The lowest BCUT2D eigenvalue weighted by molar-refractivity contribution is -0.265. The van der Waals surface area contributed by atoms with Gasteiger partial charge in [0.2, 0.25) is 0 Å². The highest BCUT2D eigenvalue weighted by molar-refractivity contribution is 5.92.